The first-order chi connectivity index (χ1) is 12.8. The lowest BCUT2D eigenvalue weighted by Crippen LogP contribution is -2.35. The highest BCUT2D eigenvalue weighted by Gasteiger charge is 2.17. The summed E-state index contributed by atoms with van der Waals surface area (Å²) in [5, 5.41) is 1.19. The Hall–Kier alpha value is -1.82. The second-order valence-corrected chi connectivity index (χ2v) is 8.75. The number of aromatic nitrogens is 2. The molecular formula is C21H31N3O2S. The molecule has 0 unspecified atom stereocenters. The number of amides is 1. The van der Waals surface area contributed by atoms with Gasteiger partial charge >= 0.3 is 0 Å². The van der Waals surface area contributed by atoms with Crippen molar-refractivity contribution in [1.29, 1.82) is 0 Å². The van der Waals surface area contributed by atoms with Crippen LogP contribution in [0.15, 0.2) is 34.2 Å². The second kappa shape index (κ2) is 9.93. The first-order valence-corrected chi connectivity index (χ1v) is 10.6. The number of fused-ring (bicyclic) bond motifs is 1. The van der Waals surface area contributed by atoms with Gasteiger partial charge in [0.25, 0.3) is 5.56 Å². The van der Waals surface area contributed by atoms with Crippen LogP contribution in [-0.2, 0) is 11.8 Å². The summed E-state index contributed by atoms with van der Waals surface area (Å²) in [6.07, 6.45) is 2.00. The Bertz CT molecular complexity index is 818. The van der Waals surface area contributed by atoms with E-state index in [1.807, 2.05) is 23.1 Å². The highest BCUT2D eigenvalue weighted by atomic mass is 32.2. The zero-order valence-corrected chi connectivity index (χ0v) is 17.9. The number of hydrogen-bond donors (Lipinski definition) is 0. The monoisotopic (exact) mass is 389 g/mol. The molecule has 0 spiro atoms. The van der Waals surface area contributed by atoms with Gasteiger partial charge in [0.15, 0.2) is 5.16 Å². The summed E-state index contributed by atoms with van der Waals surface area (Å²) in [4.78, 5) is 31.8. The van der Waals surface area contributed by atoms with Crippen LogP contribution in [0, 0.1) is 11.8 Å². The van der Waals surface area contributed by atoms with Crippen molar-refractivity contribution < 1.29 is 4.79 Å². The third-order valence-electron chi connectivity index (χ3n) is 4.57. The number of para-hydroxylation sites is 1. The van der Waals surface area contributed by atoms with E-state index in [9.17, 15) is 9.59 Å². The first kappa shape index (κ1) is 21.5. The van der Waals surface area contributed by atoms with E-state index < -0.39 is 0 Å². The Labute approximate surface area is 166 Å². The van der Waals surface area contributed by atoms with Gasteiger partial charge in [-0.1, -0.05) is 51.6 Å². The summed E-state index contributed by atoms with van der Waals surface area (Å²) < 4.78 is 1.53. The Kier molecular flexibility index (Phi) is 7.90. The SMILES string of the molecule is CC(C)CCN(CCC(C)C)C(=O)CSc1nc2ccccc2c(=O)n1C. The van der Waals surface area contributed by atoms with E-state index in [1.54, 1.807) is 13.1 Å². The number of nitrogens with zero attached hydrogens (tertiary/aromatic N) is 3. The van der Waals surface area contributed by atoms with Crippen molar-refractivity contribution in [3.63, 3.8) is 0 Å². The van der Waals surface area contributed by atoms with Crippen LogP contribution in [0.3, 0.4) is 0 Å². The molecule has 1 aromatic heterocycles. The fourth-order valence-corrected chi connectivity index (χ4v) is 3.61. The van der Waals surface area contributed by atoms with Crippen molar-refractivity contribution in [2.45, 2.75) is 45.7 Å². The van der Waals surface area contributed by atoms with Crippen LogP contribution in [0.2, 0.25) is 0 Å². The molecule has 27 heavy (non-hydrogen) atoms. The molecule has 2 rings (SSSR count). The lowest BCUT2D eigenvalue weighted by molar-refractivity contribution is -0.128. The molecule has 0 fully saturated rings. The fourth-order valence-electron chi connectivity index (χ4n) is 2.73. The molecule has 1 aromatic carbocycles. The van der Waals surface area contributed by atoms with Gasteiger partial charge in [-0.25, -0.2) is 4.98 Å². The molecule has 0 atom stereocenters. The van der Waals surface area contributed by atoms with Crippen LogP contribution in [0.25, 0.3) is 10.9 Å². The molecule has 0 aliphatic carbocycles. The van der Waals surface area contributed by atoms with Crippen LogP contribution < -0.4 is 5.56 Å². The van der Waals surface area contributed by atoms with Crippen LogP contribution >= 0.6 is 11.8 Å². The first-order valence-electron chi connectivity index (χ1n) is 9.66. The summed E-state index contributed by atoms with van der Waals surface area (Å²) >= 11 is 1.34. The molecule has 1 heterocycles. The van der Waals surface area contributed by atoms with E-state index in [1.165, 1.54) is 16.3 Å². The van der Waals surface area contributed by atoms with Gasteiger partial charge in [-0.3, -0.25) is 14.2 Å². The smallest absolute Gasteiger partial charge is 0.261 e. The molecule has 6 heteroatoms. The average Bonchev–Trinajstić information content (AvgIpc) is 2.63. The minimum absolute atomic E-state index is 0.0768. The molecule has 0 N–H and O–H groups in total. The quantitative estimate of drug-likeness (QED) is 0.481. The van der Waals surface area contributed by atoms with Crippen molar-refractivity contribution in [1.82, 2.24) is 14.5 Å². The van der Waals surface area contributed by atoms with E-state index >= 15 is 0 Å². The zero-order valence-electron chi connectivity index (χ0n) is 17.1. The predicted octanol–water partition coefficient (Wildman–Crippen LogP) is 3.95. The number of carbonyl (C=O) groups excluding carboxylic acids is 1. The Balaban J connectivity index is 2.10. The standard InChI is InChI=1S/C21H31N3O2S/c1-15(2)10-12-24(13-11-16(3)4)19(25)14-27-21-22-18-9-7-6-8-17(18)20(26)23(21)5/h6-9,15-16H,10-14H2,1-5H3. The third kappa shape index (κ3) is 6.09. The van der Waals surface area contributed by atoms with Crippen molar-refractivity contribution in [2.75, 3.05) is 18.8 Å². The van der Waals surface area contributed by atoms with Gasteiger partial charge in [-0.15, -0.1) is 0 Å². The van der Waals surface area contributed by atoms with Gasteiger partial charge in [0.05, 0.1) is 16.7 Å². The third-order valence-corrected chi connectivity index (χ3v) is 5.59. The molecule has 0 saturated heterocycles. The number of hydrogen-bond acceptors (Lipinski definition) is 4. The highest BCUT2D eigenvalue weighted by molar-refractivity contribution is 7.99. The summed E-state index contributed by atoms with van der Waals surface area (Å²) in [5.74, 6) is 1.54. The summed E-state index contributed by atoms with van der Waals surface area (Å²) in [6, 6.07) is 7.32. The molecule has 0 radical (unpaired) electrons. The maximum Gasteiger partial charge on any atom is 0.261 e. The molecule has 0 bridgehead atoms. The van der Waals surface area contributed by atoms with Gasteiger partial charge < -0.3 is 4.90 Å². The Morgan fingerprint density at radius 1 is 1.11 bits per heavy atom. The Morgan fingerprint density at radius 2 is 1.70 bits per heavy atom. The normalized spacial score (nSPS) is 11.5. The van der Waals surface area contributed by atoms with Crippen LogP contribution in [0.4, 0.5) is 0 Å². The zero-order chi connectivity index (χ0) is 20.0. The van der Waals surface area contributed by atoms with E-state index in [0.717, 1.165) is 25.9 Å². The van der Waals surface area contributed by atoms with Gasteiger partial charge in [0.2, 0.25) is 5.91 Å². The van der Waals surface area contributed by atoms with Crippen LogP contribution in [0.5, 0.6) is 0 Å². The van der Waals surface area contributed by atoms with E-state index in [-0.39, 0.29) is 11.5 Å². The van der Waals surface area contributed by atoms with Crippen molar-refractivity contribution in [3.8, 4) is 0 Å². The van der Waals surface area contributed by atoms with Crippen molar-refractivity contribution in [3.05, 3.63) is 34.6 Å². The number of thioether (sulfide) groups is 1. The molecule has 148 valence electrons. The molecule has 0 saturated carbocycles. The summed E-state index contributed by atoms with van der Waals surface area (Å²) in [5.41, 5.74) is 0.596. The summed E-state index contributed by atoms with van der Waals surface area (Å²) in [6.45, 7) is 10.3. The van der Waals surface area contributed by atoms with E-state index in [4.69, 9.17) is 0 Å². The largest absolute Gasteiger partial charge is 0.342 e. The minimum atomic E-state index is -0.0768. The molecule has 1 amide bonds. The molecule has 5 nitrogen and oxygen atoms in total. The molecule has 0 aliphatic rings. The Morgan fingerprint density at radius 3 is 2.30 bits per heavy atom. The number of carbonyl (C=O) groups is 1. The molecular weight excluding hydrogens is 358 g/mol. The highest BCUT2D eigenvalue weighted by Crippen LogP contribution is 2.18. The number of rotatable bonds is 9. The second-order valence-electron chi connectivity index (χ2n) is 7.81. The maximum atomic E-state index is 12.8. The average molecular weight is 390 g/mol. The van der Waals surface area contributed by atoms with Gasteiger partial charge in [0.1, 0.15) is 0 Å². The lowest BCUT2D eigenvalue weighted by Gasteiger charge is -2.24. The van der Waals surface area contributed by atoms with Gasteiger partial charge in [0, 0.05) is 20.1 Å². The number of benzene rings is 1. The van der Waals surface area contributed by atoms with Crippen molar-refractivity contribution in [2.24, 2.45) is 18.9 Å². The van der Waals surface area contributed by atoms with Crippen LogP contribution in [0.1, 0.15) is 40.5 Å². The fraction of sp³-hybridized carbons (Fsp3) is 0.571. The van der Waals surface area contributed by atoms with Gasteiger partial charge in [-0.2, -0.15) is 0 Å². The summed E-state index contributed by atoms with van der Waals surface area (Å²) in [7, 11) is 1.71. The van der Waals surface area contributed by atoms with E-state index in [0.29, 0.717) is 33.6 Å². The lowest BCUT2D eigenvalue weighted by atomic mass is 10.1. The molecule has 0 aliphatic heterocycles. The van der Waals surface area contributed by atoms with Crippen LogP contribution in [-0.4, -0.2) is 39.2 Å². The van der Waals surface area contributed by atoms with Crippen molar-refractivity contribution >= 4 is 28.6 Å². The topological polar surface area (TPSA) is 55.2 Å². The predicted molar refractivity (Wildman–Crippen MR) is 113 cm³/mol. The maximum absolute atomic E-state index is 12.8. The van der Waals surface area contributed by atoms with E-state index in [2.05, 4.69) is 32.7 Å². The minimum Gasteiger partial charge on any atom is -0.342 e. The molecule has 2 aromatic rings. The van der Waals surface area contributed by atoms with Gasteiger partial charge in [-0.05, 0) is 36.8 Å².